The highest BCUT2D eigenvalue weighted by atomic mass is 127. The molecule has 2 heterocycles. The predicted molar refractivity (Wildman–Crippen MR) is 95.3 cm³/mol. The maximum Gasteiger partial charge on any atom is 0.188 e. The number of nitrogens with one attached hydrogen (secondary N) is 1. The van der Waals surface area contributed by atoms with Gasteiger partial charge in [0.25, 0.3) is 0 Å². The average molecular weight is 412 g/mol. The third kappa shape index (κ3) is 8.18. The highest BCUT2D eigenvalue weighted by Gasteiger charge is 2.13. The van der Waals surface area contributed by atoms with Gasteiger partial charge in [-0.05, 0) is 31.7 Å². The molecule has 0 aromatic carbocycles. The molecule has 2 saturated heterocycles. The lowest BCUT2D eigenvalue weighted by Gasteiger charge is -2.26. The molecular formula is C14H29IN4O2. The Balaban J connectivity index is 0.00000220. The van der Waals surface area contributed by atoms with Crippen LogP contribution in [0, 0.1) is 5.92 Å². The topological polar surface area (TPSA) is 72.1 Å². The van der Waals surface area contributed by atoms with Gasteiger partial charge in [-0.25, -0.2) is 0 Å². The van der Waals surface area contributed by atoms with Crippen molar-refractivity contribution >= 4 is 29.9 Å². The molecule has 0 aliphatic carbocycles. The summed E-state index contributed by atoms with van der Waals surface area (Å²) in [5, 5.41) is 3.20. The van der Waals surface area contributed by atoms with Gasteiger partial charge in [0, 0.05) is 39.4 Å². The van der Waals surface area contributed by atoms with Crippen molar-refractivity contribution in [3.05, 3.63) is 0 Å². The maximum atomic E-state index is 5.88. The lowest BCUT2D eigenvalue weighted by atomic mass is 10.0. The normalized spacial score (nSPS) is 21.8. The van der Waals surface area contributed by atoms with Gasteiger partial charge in [0.05, 0.1) is 13.2 Å². The van der Waals surface area contributed by atoms with E-state index in [-0.39, 0.29) is 24.0 Å². The molecule has 2 aliphatic heterocycles. The molecule has 3 N–H and O–H groups in total. The third-order valence-corrected chi connectivity index (χ3v) is 3.92. The molecule has 0 radical (unpaired) electrons. The van der Waals surface area contributed by atoms with E-state index in [9.17, 15) is 0 Å². The zero-order chi connectivity index (χ0) is 14.0. The fraction of sp³-hybridized carbons (Fsp3) is 0.929. The molecule has 0 bridgehead atoms. The van der Waals surface area contributed by atoms with Crippen LogP contribution in [0.1, 0.15) is 19.3 Å². The summed E-state index contributed by atoms with van der Waals surface area (Å²) < 4.78 is 10.7. The van der Waals surface area contributed by atoms with E-state index < -0.39 is 0 Å². The van der Waals surface area contributed by atoms with Crippen molar-refractivity contribution in [3.63, 3.8) is 0 Å². The third-order valence-electron chi connectivity index (χ3n) is 3.92. The standard InChI is InChI=1S/C14H28N4O2.HI/c15-14(17-12-13-2-8-19-9-3-13)16-4-1-5-18-6-10-20-11-7-18;/h13H,1-12H2,(H3,15,16,17);1H. The molecule has 0 atom stereocenters. The summed E-state index contributed by atoms with van der Waals surface area (Å²) in [5.74, 6) is 1.22. The first-order valence-corrected chi connectivity index (χ1v) is 7.76. The van der Waals surface area contributed by atoms with E-state index in [2.05, 4.69) is 15.2 Å². The van der Waals surface area contributed by atoms with Crippen LogP contribution in [-0.2, 0) is 9.47 Å². The second-order valence-electron chi connectivity index (χ2n) is 5.52. The summed E-state index contributed by atoms with van der Waals surface area (Å²) in [5.41, 5.74) is 5.88. The van der Waals surface area contributed by atoms with Crippen LogP contribution in [0.2, 0.25) is 0 Å². The Labute approximate surface area is 144 Å². The fourth-order valence-electron chi connectivity index (χ4n) is 2.56. The predicted octanol–water partition coefficient (Wildman–Crippen LogP) is 0.658. The number of hydrogen-bond donors (Lipinski definition) is 2. The van der Waals surface area contributed by atoms with Gasteiger partial charge in [0.2, 0.25) is 0 Å². The largest absolute Gasteiger partial charge is 0.381 e. The van der Waals surface area contributed by atoms with E-state index in [1.54, 1.807) is 0 Å². The highest BCUT2D eigenvalue weighted by molar-refractivity contribution is 14.0. The Kier molecular flexibility index (Phi) is 10.3. The molecule has 7 heteroatoms. The lowest BCUT2D eigenvalue weighted by molar-refractivity contribution is 0.0376. The summed E-state index contributed by atoms with van der Waals surface area (Å²) in [6, 6.07) is 0. The molecule has 0 saturated carbocycles. The van der Waals surface area contributed by atoms with Crippen molar-refractivity contribution in [1.82, 2.24) is 10.2 Å². The van der Waals surface area contributed by atoms with Gasteiger partial charge in [0.1, 0.15) is 0 Å². The van der Waals surface area contributed by atoms with E-state index in [4.69, 9.17) is 15.2 Å². The summed E-state index contributed by atoms with van der Waals surface area (Å²) >= 11 is 0. The smallest absolute Gasteiger partial charge is 0.188 e. The summed E-state index contributed by atoms with van der Waals surface area (Å²) in [7, 11) is 0. The second-order valence-corrected chi connectivity index (χ2v) is 5.52. The number of morpholine rings is 1. The quantitative estimate of drug-likeness (QED) is 0.290. The first-order chi connectivity index (χ1) is 9.84. The van der Waals surface area contributed by atoms with Crippen LogP contribution >= 0.6 is 24.0 Å². The van der Waals surface area contributed by atoms with Gasteiger partial charge >= 0.3 is 0 Å². The van der Waals surface area contributed by atoms with Crippen LogP contribution < -0.4 is 11.1 Å². The Morgan fingerprint density at radius 2 is 1.81 bits per heavy atom. The first kappa shape index (κ1) is 18.9. The van der Waals surface area contributed by atoms with Crippen LogP contribution in [0.4, 0.5) is 0 Å². The van der Waals surface area contributed by atoms with Gasteiger partial charge < -0.3 is 20.5 Å². The second kappa shape index (κ2) is 11.4. The SMILES string of the molecule is I.NC(=NCC1CCOCC1)NCCCN1CCOCC1. The minimum atomic E-state index is 0. The Morgan fingerprint density at radius 3 is 2.52 bits per heavy atom. The number of nitrogens with two attached hydrogens (primary N) is 1. The molecule has 6 nitrogen and oxygen atoms in total. The Hall–Kier alpha value is -0.120. The van der Waals surface area contributed by atoms with Gasteiger partial charge in [-0.2, -0.15) is 0 Å². The van der Waals surface area contributed by atoms with Gasteiger partial charge in [-0.1, -0.05) is 0 Å². The number of rotatable bonds is 6. The molecule has 2 fully saturated rings. The Morgan fingerprint density at radius 1 is 1.14 bits per heavy atom. The van der Waals surface area contributed by atoms with E-state index in [0.29, 0.717) is 11.9 Å². The van der Waals surface area contributed by atoms with E-state index >= 15 is 0 Å². The molecular weight excluding hydrogens is 383 g/mol. The van der Waals surface area contributed by atoms with Crippen LogP contribution in [0.15, 0.2) is 4.99 Å². The molecule has 2 aliphatic rings. The molecule has 0 unspecified atom stereocenters. The summed E-state index contributed by atoms with van der Waals surface area (Å²) in [4.78, 5) is 6.86. The van der Waals surface area contributed by atoms with Crippen LogP contribution in [0.25, 0.3) is 0 Å². The van der Waals surface area contributed by atoms with Crippen LogP contribution in [0.3, 0.4) is 0 Å². The molecule has 0 aromatic rings. The molecule has 0 spiro atoms. The summed E-state index contributed by atoms with van der Waals surface area (Å²) in [6.45, 7) is 8.38. The van der Waals surface area contributed by atoms with Gasteiger partial charge in [-0.15, -0.1) is 24.0 Å². The minimum absolute atomic E-state index is 0. The highest BCUT2D eigenvalue weighted by Crippen LogP contribution is 2.14. The fourth-order valence-corrected chi connectivity index (χ4v) is 2.56. The van der Waals surface area contributed by atoms with Crippen molar-refractivity contribution in [3.8, 4) is 0 Å². The minimum Gasteiger partial charge on any atom is -0.381 e. The van der Waals surface area contributed by atoms with Crippen molar-refractivity contribution in [2.24, 2.45) is 16.6 Å². The zero-order valence-electron chi connectivity index (χ0n) is 12.8. The van der Waals surface area contributed by atoms with Crippen molar-refractivity contribution in [1.29, 1.82) is 0 Å². The van der Waals surface area contributed by atoms with Crippen molar-refractivity contribution in [2.45, 2.75) is 19.3 Å². The number of aliphatic imine (C=N–C) groups is 1. The average Bonchev–Trinajstić information content (AvgIpc) is 2.52. The number of guanidine groups is 1. The monoisotopic (exact) mass is 412 g/mol. The van der Waals surface area contributed by atoms with Crippen LogP contribution in [0.5, 0.6) is 0 Å². The van der Waals surface area contributed by atoms with Crippen molar-refractivity contribution in [2.75, 3.05) is 59.2 Å². The lowest BCUT2D eigenvalue weighted by Crippen LogP contribution is -2.39. The summed E-state index contributed by atoms with van der Waals surface area (Å²) in [6.07, 6.45) is 3.30. The maximum absolute atomic E-state index is 5.88. The first-order valence-electron chi connectivity index (χ1n) is 7.76. The van der Waals surface area contributed by atoms with Crippen LogP contribution in [-0.4, -0.2) is 70.0 Å². The number of halogens is 1. The van der Waals surface area contributed by atoms with Crippen molar-refractivity contribution < 1.29 is 9.47 Å². The molecule has 0 amide bonds. The van der Waals surface area contributed by atoms with Gasteiger partial charge in [0.15, 0.2) is 5.96 Å². The number of hydrogen-bond acceptors (Lipinski definition) is 4. The molecule has 0 aromatic heterocycles. The van der Waals surface area contributed by atoms with Gasteiger partial charge in [-0.3, -0.25) is 9.89 Å². The zero-order valence-corrected chi connectivity index (χ0v) is 15.1. The van der Waals surface area contributed by atoms with E-state index in [1.807, 2.05) is 0 Å². The molecule has 21 heavy (non-hydrogen) atoms. The number of nitrogens with zero attached hydrogens (tertiary/aromatic N) is 2. The molecule has 2 rings (SSSR count). The molecule has 124 valence electrons. The number of ether oxygens (including phenoxy) is 2. The van der Waals surface area contributed by atoms with E-state index in [0.717, 1.165) is 78.4 Å². The Bertz CT molecular complexity index is 293. The van der Waals surface area contributed by atoms with E-state index in [1.165, 1.54) is 0 Å².